The second-order valence-corrected chi connectivity index (χ2v) is 5.31. The van der Waals surface area contributed by atoms with Crippen LogP contribution in [-0.4, -0.2) is 28.1 Å². The largest absolute Gasteiger partial charge is 0.507 e. The maximum Gasteiger partial charge on any atom is 0.329 e. The number of nitrogens with one attached hydrogen (secondary N) is 2. The SMILES string of the molecule is CC(NC(=O)C(=O)N/N=C/c1cc([N+](=O)[O-])ccc1O)c1ccccc1. The third-order valence-electron chi connectivity index (χ3n) is 3.45. The third-order valence-corrected chi connectivity index (χ3v) is 3.45. The van der Waals surface area contributed by atoms with E-state index in [-0.39, 0.29) is 23.0 Å². The van der Waals surface area contributed by atoms with Gasteiger partial charge in [-0.1, -0.05) is 30.3 Å². The zero-order valence-electron chi connectivity index (χ0n) is 13.7. The van der Waals surface area contributed by atoms with Crippen molar-refractivity contribution < 1.29 is 19.6 Å². The smallest absolute Gasteiger partial charge is 0.329 e. The summed E-state index contributed by atoms with van der Waals surface area (Å²) in [5.74, 6) is -2.15. The first-order valence-electron chi connectivity index (χ1n) is 7.54. The number of hydrogen-bond donors (Lipinski definition) is 3. The Kier molecular flexibility index (Phi) is 5.99. The average molecular weight is 356 g/mol. The van der Waals surface area contributed by atoms with E-state index >= 15 is 0 Å². The van der Waals surface area contributed by atoms with Crippen LogP contribution < -0.4 is 10.7 Å². The normalized spacial score (nSPS) is 11.7. The molecular formula is C17H16N4O5. The highest BCUT2D eigenvalue weighted by molar-refractivity contribution is 6.35. The number of aromatic hydroxyl groups is 1. The van der Waals surface area contributed by atoms with Crippen molar-refractivity contribution >= 4 is 23.7 Å². The van der Waals surface area contributed by atoms with E-state index in [1.807, 2.05) is 35.8 Å². The number of hydrogen-bond acceptors (Lipinski definition) is 6. The first-order valence-corrected chi connectivity index (χ1v) is 7.54. The van der Waals surface area contributed by atoms with E-state index in [4.69, 9.17) is 0 Å². The zero-order valence-corrected chi connectivity index (χ0v) is 13.7. The van der Waals surface area contributed by atoms with Gasteiger partial charge in [0, 0.05) is 17.7 Å². The molecule has 9 nitrogen and oxygen atoms in total. The van der Waals surface area contributed by atoms with Gasteiger partial charge < -0.3 is 10.4 Å². The number of nitrogens with zero attached hydrogens (tertiary/aromatic N) is 2. The van der Waals surface area contributed by atoms with Crippen molar-refractivity contribution in [2.75, 3.05) is 0 Å². The van der Waals surface area contributed by atoms with Crippen LogP contribution in [0.4, 0.5) is 5.69 Å². The fraction of sp³-hybridized carbons (Fsp3) is 0.118. The van der Waals surface area contributed by atoms with Crippen LogP contribution in [0, 0.1) is 10.1 Å². The molecule has 0 bridgehead atoms. The lowest BCUT2D eigenvalue weighted by atomic mass is 10.1. The van der Waals surface area contributed by atoms with E-state index in [9.17, 15) is 24.8 Å². The number of nitro benzene ring substituents is 1. The zero-order chi connectivity index (χ0) is 19.1. The average Bonchev–Trinajstić information content (AvgIpc) is 2.63. The molecule has 0 spiro atoms. The second kappa shape index (κ2) is 8.38. The Morgan fingerprint density at radius 2 is 1.88 bits per heavy atom. The fourth-order valence-corrected chi connectivity index (χ4v) is 2.06. The molecule has 134 valence electrons. The number of benzene rings is 2. The van der Waals surface area contributed by atoms with Crippen molar-refractivity contribution in [3.8, 4) is 5.75 Å². The second-order valence-electron chi connectivity index (χ2n) is 5.31. The van der Waals surface area contributed by atoms with Crippen molar-refractivity contribution in [3.63, 3.8) is 0 Å². The quantitative estimate of drug-likeness (QED) is 0.324. The summed E-state index contributed by atoms with van der Waals surface area (Å²) in [6.07, 6.45) is 1.01. The van der Waals surface area contributed by atoms with Gasteiger partial charge in [0.1, 0.15) is 5.75 Å². The van der Waals surface area contributed by atoms with Gasteiger partial charge in [0.2, 0.25) is 0 Å². The highest BCUT2D eigenvalue weighted by Gasteiger charge is 2.16. The Balaban J connectivity index is 1.95. The summed E-state index contributed by atoms with van der Waals surface area (Å²) in [6, 6.07) is 12.1. The molecule has 2 aromatic carbocycles. The van der Waals surface area contributed by atoms with E-state index in [2.05, 4.69) is 10.4 Å². The minimum atomic E-state index is -1.01. The number of non-ortho nitro benzene ring substituents is 1. The van der Waals surface area contributed by atoms with Crippen molar-refractivity contribution in [1.82, 2.24) is 10.7 Å². The summed E-state index contributed by atoms with van der Waals surface area (Å²) in [7, 11) is 0. The molecule has 1 unspecified atom stereocenters. The predicted molar refractivity (Wildman–Crippen MR) is 93.5 cm³/mol. The van der Waals surface area contributed by atoms with Gasteiger partial charge in [-0.25, -0.2) is 5.43 Å². The van der Waals surface area contributed by atoms with Gasteiger partial charge in [0.05, 0.1) is 17.2 Å². The number of amides is 2. The molecule has 0 fully saturated rings. The molecule has 26 heavy (non-hydrogen) atoms. The standard InChI is InChI=1S/C17H16N4O5/c1-11(12-5-3-2-4-6-12)19-16(23)17(24)20-18-10-13-9-14(21(25)26)7-8-15(13)22/h2-11,22H,1H3,(H,19,23)(H,20,24)/b18-10+. The van der Waals surface area contributed by atoms with Crippen molar-refractivity contribution in [1.29, 1.82) is 0 Å². The molecule has 3 N–H and O–H groups in total. The van der Waals surface area contributed by atoms with E-state index in [1.165, 1.54) is 0 Å². The van der Waals surface area contributed by atoms with Crippen LogP contribution in [0.5, 0.6) is 5.75 Å². The number of rotatable bonds is 5. The van der Waals surface area contributed by atoms with Gasteiger partial charge in [-0.05, 0) is 18.6 Å². The number of phenolic OH excluding ortho intramolecular Hbond substituents is 1. The van der Waals surface area contributed by atoms with Gasteiger partial charge in [0.15, 0.2) is 0 Å². The van der Waals surface area contributed by atoms with Crippen LogP contribution in [0.1, 0.15) is 24.1 Å². The summed E-state index contributed by atoms with van der Waals surface area (Å²) in [4.78, 5) is 33.7. The Labute approximate surface area is 148 Å². The number of carbonyl (C=O) groups excluding carboxylic acids is 2. The van der Waals surface area contributed by atoms with Gasteiger partial charge in [0.25, 0.3) is 5.69 Å². The Morgan fingerprint density at radius 1 is 1.19 bits per heavy atom. The van der Waals surface area contributed by atoms with Crippen molar-refractivity contribution in [3.05, 3.63) is 69.8 Å². The molecule has 0 aliphatic rings. The number of nitro groups is 1. The summed E-state index contributed by atoms with van der Waals surface area (Å²) in [5.41, 5.74) is 2.61. The number of hydrazone groups is 1. The molecule has 0 aliphatic carbocycles. The Hall–Kier alpha value is -3.75. The summed E-state index contributed by atoms with van der Waals surface area (Å²) in [6.45, 7) is 1.73. The molecule has 0 heterocycles. The molecule has 0 saturated carbocycles. The van der Waals surface area contributed by atoms with Crippen LogP contribution in [0.2, 0.25) is 0 Å². The monoisotopic (exact) mass is 356 g/mol. The van der Waals surface area contributed by atoms with Gasteiger partial charge in [-0.2, -0.15) is 5.10 Å². The van der Waals surface area contributed by atoms with E-state index in [0.717, 1.165) is 30.0 Å². The number of carbonyl (C=O) groups is 2. The van der Waals surface area contributed by atoms with Gasteiger partial charge in [-0.15, -0.1) is 0 Å². The highest BCUT2D eigenvalue weighted by Crippen LogP contribution is 2.21. The third kappa shape index (κ3) is 4.87. The highest BCUT2D eigenvalue weighted by atomic mass is 16.6. The summed E-state index contributed by atoms with van der Waals surface area (Å²) < 4.78 is 0. The summed E-state index contributed by atoms with van der Waals surface area (Å²) in [5, 5.41) is 26.4. The van der Waals surface area contributed by atoms with Crippen LogP contribution in [-0.2, 0) is 9.59 Å². The molecule has 2 aromatic rings. The molecule has 9 heteroatoms. The van der Waals surface area contributed by atoms with Crippen LogP contribution in [0.3, 0.4) is 0 Å². The lowest BCUT2D eigenvalue weighted by molar-refractivity contribution is -0.384. The predicted octanol–water partition coefficient (Wildman–Crippen LogP) is 1.63. The molecule has 0 aliphatic heterocycles. The molecule has 1 atom stereocenters. The number of phenols is 1. The fourth-order valence-electron chi connectivity index (χ4n) is 2.06. The van der Waals surface area contributed by atoms with Crippen molar-refractivity contribution in [2.45, 2.75) is 13.0 Å². The molecule has 0 radical (unpaired) electrons. The van der Waals surface area contributed by atoms with Gasteiger partial charge >= 0.3 is 11.8 Å². The van der Waals surface area contributed by atoms with E-state index in [0.29, 0.717) is 0 Å². The lowest BCUT2D eigenvalue weighted by Crippen LogP contribution is -2.39. The first kappa shape index (κ1) is 18.6. The maximum atomic E-state index is 11.8. The van der Waals surface area contributed by atoms with E-state index < -0.39 is 16.7 Å². The Bertz CT molecular complexity index is 851. The van der Waals surface area contributed by atoms with Gasteiger partial charge in [-0.3, -0.25) is 19.7 Å². The maximum absolute atomic E-state index is 11.8. The molecule has 2 rings (SSSR count). The van der Waals surface area contributed by atoms with Crippen LogP contribution >= 0.6 is 0 Å². The minimum absolute atomic E-state index is 0.0255. The van der Waals surface area contributed by atoms with Crippen LogP contribution in [0.15, 0.2) is 53.6 Å². The summed E-state index contributed by atoms with van der Waals surface area (Å²) >= 11 is 0. The Morgan fingerprint density at radius 3 is 2.54 bits per heavy atom. The molecule has 0 saturated heterocycles. The van der Waals surface area contributed by atoms with Crippen molar-refractivity contribution in [2.24, 2.45) is 5.10 Å². The molecular weight excluding hydrogens is 340 g/mol. The lowest BCUT2D eigenvalue weighted by Gasteiger charge is -2.13. The molecule has 2 amide bonds. The minimum Gasteiger partial charge on any atom is -0.507 e. The first-order chi connectivity index (χ1) is 12.4. The topological polar surface area (TPSA) is 134 Å². The van der Waals surface area contributed by atoms with E-state index in [1.54, 1.807) is 6.92 Å². The van der Waals surface area contributed by atoms with Crippen LogP contribution in [0.25, 0.3) is 0 Å². The molecule has 0 aromatic heterocycles.